The van der Waals surface area contributed by atoms with Crippen molar-refractivity contribution in [1.29, 1.82) is 0 Å². The van der Waals surface area contributed by atoms with Gasteiger partial charge in [0.15, 0.2) is 0 Å². The van der Waals surface area contributed by atoms with Gasteiger partial charge in [-0.2, -0.15) is 4.31 Å². The summed E-state index contributed by atoms with van der Waals surface area (Å²) in [6.45, 7) is 3.55. The lowest BCUT2D eigenvalue weighted by Crippen LogP contribution is -2.42. The van der Waals surface area contributed by atoms with E-state index in [4.69, 9.17) is 4.74 Å². The molecule has 5 rings (SSSR count). The topological polar surface area (TPSA) is 79.8 Å². The molecule has 0 bridgehead atoms. The van der Waals surface area contributed by atoms with Gasteiger partial charge >= 0.3 is 0 Å². The van der Waals surface area contributed by atoms with Gasteiger partial charge in [0.2, 0.25) is 10.0 Å². The summed E-state index contributed by atoms with van der Waals surface area (Å²) in [6, 6.07) is 10.7. The maximum Gasteiger partial charge on any atom is 0.274 e. The number of ether oxygens (including phenoxy) is 1. The number of rotatable bonds is 5. The van der Waals surface area contributed by atoms with E-state index in [-0.39, 0.29) is 28.8 Å². The number of piperidine rings is 2. The van der Waals surface area contributed by atoms with Crippen molar-refractivity contribution < 1.29 is 22.3 Å². The first-order valence-electron chi connectivity index (χ1n) is 12.0. The highest BCUT2D eigenvalue weighted by atomic mass is 32.2. The quantitative estimate of drug-likeness (QED) is 0.491. The third kappa shape index (κ3) is 5.05. The number of aromatic nitrogens is 1. The Kier molecular flexibility index (Phi) is 6.78. The summed E-state index contributed by atoms with van der Waals surface area (Å²) in [4.78, 5) is 19.4. The van der Waals surface area contributed by atoms with Gasteiger partial charge in [-0.25, -0.2) is 17.8 Å². The number of benzene rings is 2. The first-order valence-corrected chi connectivity index (χ1v) is 14.2. The fraction of sp³-hybridized carbons (Fsp3) is 0.440. The molecule has 0 spiro atoms. The molecule has 2 aliphatic rings. The first kappa shape index (κ1) is 24.1. The van der Waals surface area contributed by atoms with Gasteiger partial charge < -0.3 is 9.64 Å². The molecule has 3 heterocycles. The number of carbonyl (C=O) groups is 1. The van der Waals surface area contributed by atoms with Gasteiger partial charge in [0.25, 0.3) is 11.1 Å². The second-order valence-electron chi connectivity index (χ2n) is 9.19. The van der Waals surface area contributed by atoms with E-state index in [0.717, 1.165) is 24.0 Å². The molecule has 1 amide bonds. The van der Waals surface area contributed by atoms with Crippen LogP contribution in [0, 0.1) is 5.82 Å². The number of hydrogen-bond acceptors (Lipinski definition) is 6. The van der Waals surface area contributed by atoms with Gasteiger partial charge in [-0.15, -0.1) is 0 Å². The Balaban J connectivity index is 1.19. The Bertz CT molecular complexity index is 1320. The fourth-order valence-electron chi connectivity index (χ4n) is 4.76. The van der Waals surface area contributed by atoms with Gasteiger partial charge in [0, 0.05) is 44.1 Å². The SMILES string of the molecule is CC1CCCCN1S(=O)(=O)c1ccc(C(=O)N2CCC(Oc3nc4ccc(F)cc4s3)CC2)cc1. The molecule has 2 aliphatic heterocycles. The van der Waals surface area contributed by atoms with E-state index in [9.17, 15) is 17.6 Å². The number of sulfonamides is 1. The Morgan fingerprint density at radius 1 is 1.06 bits per heavy atom. The molecule has 1 unspecified atom stereocenters. The summed E-state index contributed by atoms with van der Waals surface area (Å²) >= 11 is 1.32. The maximum absolute atomic E-state index is 13.4. The monoisotopic (exact) mass is 517 g/mol. The average Bonchev–Trinajstić information content (AvgIpc) is 3.25. The third-order valence-electron chi connectivity index (χ3n) is 6.78. The van der Waals surface area contributed by atoms with Crippen molar-refractivity contribution in [3.63, 3.8) is 0 Å². The van der Waals surface area contributed by atoms with Gasteiger partial charge in [-0.3, -0.25) is 4.79 Å². The Morgan fingerprint density at radius 2 is 1.80 bits per heavy atom. The van der Waals surface area contributed by atoms with Crippen LogP contribution in [0.15, 0.2) is 47.4 Å². The van der Waals surface area contributed by atoms with E-state index >= 15 is 0 Å². The summed E-state index contributed by atoms with van der Waals surface area (Å²) in [5, 5.41) is 0.509. The number of carbonyl (C=O) groups excluding carboxylic acids is 1. The maximum atomic E-state index is 13.4. The van der Waals surface area contributed by atoms with Crippen molar-refractivity contribution in [2.24, 2.45) is 0 Å². The van der Waals surface area contributed by atoms with E-state index in [1.807, 2.05) is 6.92 Å². The minimum absolute atomic E-state index is 0.0116. The number of amides is 1. The molecule has 0 radical (unpaired) electrons. The molecule has 0 aliphatic carbocycles. The number of hydrogen-bond donors (Lipinski definition) is 0. The van der Waals surface area contributed by atoms with E-state index in [1.54, 1.807) is 27.4 Å². The lowest BCUT2D eigenvalue weighted by Gasteiger charge is -2.32. The summed E-state index contributed by atoms with van der Waals surface area (Å²) in [5.41, 5.74) is 1.18. The van der Waals surface area contributed by atoms with Crippen molar-refractivity contribution in [2.45, 2.75) is 56.1 Å². The van der Waals surface area contributed by atoms with Crippen molar-refractivity contribution in [2.75, 3.05) is 19.6 Å². The van der Waals surface area contributed by atoms with Crippen LogP contribution in [0.25, 0.3) is 10.2 Å². The Morgan fingerprint density at radius 3 is 2.51 bits per heavy atom. The minimum atomic E-state index is -3.56. The number of fused-ring (bicyclic) bond motifs is 1. The predicted octanol–water partition coefficient (Wildman–Crippen LogP) is 4.68. The molecule has 2 saturated heterocycles. The normalized spacial score (nSPS) is 20.3. The van der Waals surface area contributed by atoms with Gasteiger partial charge in [-0.1, -0.05) is 17.8 Å². The highest BCUT2D eigenvalue weighted by Crippen LogP contribution is 2.31. The second kappa shape index (κ2) is 9.83. The smallest absolute Gasteiger partial charge is 0.274 e. The molecule has 1 aromatic heterocycles. The van der Waals surface area contributed by atoms with Crippen molar-refractivity contribution >= 4 is 37.5 Å². The van der Waals surface area contributed by atoms with Crippen LogP contribution in [0.1, 0.15) is 49.4 Å². The molecule has 0 saturated carbocycles. The summed E-state index contributed by atoms with van der Waals surface area (Å²) in [5.74, 6) is -0.416. The van der Waals surface area contributed by atoms with Crippen molar-refractivity contribution in [3.8, 4) is 5.19 Å². The lowest BCUT2D eigenvalue weighted by molar-refractivity contribution is 0.0595. The summed E-state index contributed by atoms with van der Waals surface area (Å²) in [7, 11) is -3.56. The molecule has 3 aromatic rings. The Labute approximate surface area is 208 Å². The van der Waals surface area contributed by atoms with Gasteiger partial charge in [0.1, 0.15) is 11.9 Å². The number of thiazole rings is 1. The molecule has 10 heteroatoms. The molecular formula is C25H28FN3O4S2. The zero-order valence-electron chi connectivity index (χ0n) is 19.5. The first-order chi connectivity index (χ1) is 16.8. The molecule has 1 atom stereocenters. The lowest BCUT2D eigenvalue weighted by atomic mass is 10.1. The van der Waals surface area contributed by atoms with E-state index in [0.29, 0.717) is 48.7 Å². The van der Waals surface area contributed by atoms with Crippen molar-refractivity contribution in [3.05, 3.63) is 53.8 Å². The zero-order chi connectivity index (χ0) is 24.6. The number of likely N-dealkylation sites (tertiary alicyclic amines) is 1. The van der Waals surface area contributed by atoms with Crippen LogP contribution >= 0.6 is 11.3 Å². The van der Waals surface area contributed by atoms with Crippen LogP contribution < -0.4 is 4.74 Å². The van der Waals surface area contributed by atoms with E-state index in [2.05, 4.69) is 4.98 Å². The zero-order valence-corrected chi connectivity index (χ0v) is 21.2. The highest BCUT2D eigenvalue weighted by molar-refractivity contribution is 7.89. The summed E-state index contributed by atoms with van der Waals surface area (Å²) in [6.07, 6.45) is 4.04. The largest absolute Gasteiger partial charge is 0.467 e. The second-order valence-corrected chi connectivity index (χ2v) is 12.1. The highest BCUT2D eigenvalue weighted by Gasteiger charge is 2.31. The molecule has 2 aromatic carbocycles. The van der Waals surface area contributed by atoms with Crippen LogP contribution in [0.4, 0.5) is 4.39 Å². The summed E-state index contributed by atoms with van der Waals surface area (Å²) < 4.78 is 47.8. The number of halogens is 1. The van der Waals surface area contributed by atoms with Crippen LogP contribution in [-0.4, -0.2) is 60.3 Å². The molecule has 186 valence electrons. The fourth-order valence-corrected chi connectivity index (χ4v) is 7.37. The van der Waals surface area contributed by atoms with Gasteiger partial charge in [-0.05, 0) is 62.2 Å². The minimum Gasteiger partial charge on any atom is -0.467 e. The van der Waals surface area contributed by atoms with Crippen LogP contribution in [0.2, 0.25) is 0 Å². The molecule has 2 fully saturated rings. The van der Waals surface area contributed by atoms with E-state index in [1.165, 1.54) is 35.6 Å². The van der Waals surface area contributed by atoms with Crippen molar-refractivity contribution in [1.82, 2.24) is 14.2 Å². The third-order valence-corrected chi connectivity index (χ3v) is 9.71. The standard InChI is InChI=1S/C25H28FN3O4S2/c1-17-4-2-3-13-29(17)35(31,32)21-8-5-18(6-9-21)24(30)28-14-11-20(12-15-28)33-25-27-22-10-7-19(26)16-23(22)34-25/h5-10,16-17,20H,2-4,11-15H2,1H3. The molecule has 0 N–H and O–H groups in total. The number of nitrogens with zero attached hydrogens (tertiary/aromatic N) is 3. The molecular weight excluding hydrogens is 489 g/mol. The average molecular weight is 518 g/mol. The van der Waals surface area contributed by atoms with Gasteiger partial charge in [0.05, 0.1) is 15.1 Å². The predicted molar refractivity (Wildman–Crippen MR) is 133 cm³/mol. The molecule has 7 nitrogen and oxygen atoms in total. The van der Waals surface area contributed by atoms with Crippen LogP contribution in [0.5, 0.6) is 5.19 Å². The Hall–Kier alpha value is -2.56. The molecule has 35 heavy (non-hydrogen) atoms. The van der Waals surface area contributed by atoms with E-state index < -0.39 is 10.0 Å². The van der Waals surface area contributed by atoms with Crippen LogP contribution in [-0.2, 0) is 10.0 Å². The van der Waals surface area contributed by atoms with Crippen LogP contribution in [0.3, 0.4) is 0 Å².